The number of hydrogen-bond acceptors (Lipinski definition) is 5. The Hall–Kier alpha value is -2.64. The molecule has 2 aliphatic carbocycles. The van der Waals surface area contributed by atoms with Gasteiger partial charge in [-0.15, -0.1) is 0 Å². The summed E-state index contributed by atoms with van der Waals surface area (Å²) in [5.74, 6) is 1.96. The van der Waals surface area contributed by atoms with Crippen molar-refractivity contribution in [2.75, 3.05) is 5.32 Å². The van der Waals surface area contributed by atoms with Crippen molar-refractivity contribution in [1.82, 2.24) is 28.7 Å². The SMILES string of the molecule is Cc1nc2n(c1C)CCC21CCC(Nc2ncc3c(n2)n(C2CCCC2)c(=O)n3C)CC1. The van der Waals surface area contributed by atoms with Gasteiger partial charge in [-0.2, -0.15) is 4.98 Å². The molecule has 4 heterocycles. The molecule has 3 aliphatic rings. The molecular formula is C24H33N7O. The van der Waals surface area contributed by atoms with Gasteiger partial charge in [-0.25, -0.2) is 14.8 Å². The van der Waals surface area contributed by atoms with Crippen LogP contribution in [0.2, 0.25) is 0 Å². The van der Waals surface area contributed by atoms with Crippen LogP contribution in [0.15, 0.2) is 11.0 Å². The highest BCUT2D eigenvalue weighted by molar-refractivity contribution is 5.72. The standard InChI is InChI=1S/C24H33N7O/c1-15-16(2)30-13-12-24(21(30)26-15)10-8-17(9-11-24)27-22-25-14-19-20(28-22)31(23(32)29(19)3)18-6-4-5-7-18/h14,17-18H,4-13H2,1-3H3,(H,25,27,28). The van der Waals surface area contributed by atoms with Crippen molar-refractivity contribution in [2.24, 2.45) is 7.05 Å². The third-order valence-electron chi connectivity index (χ3n) is 8.54. The largest absolute Gasteiger partial charge is 0.351 e. The zero-order chi connectivity index (χ0) is 22.0. The van der Waals surface area contributed by atoms with E-state index in [1.807, 2.05) is 11.6 Å². The molecule has 1 N–H and O–H groups in total. The van der Waals surface area contributed by atoms with Gasteiger partial charge >= 0.3 is 5.69 Å². The van der Waals surface area contributed by atoms with Gasteiger partial charge in [0.2, 0.25) is 5.95 Å². The van der Waals surface area contributed by atoms with Crippen LogP contribution in [-0.4, -0.2) is 34.7 Å². The zero-order valence-corrected chi connectivity index (χ0v) is 19.4. The van der Waals surface area contributed by atoms with E-state index in [-0.39, 0.29) is 17.1 Å². The molecule has 1 aliphatic heterocycles. The van der Waals surface area contributed by atoms with E-state index in [0.29, 0.717) is 12.0 Å². The summed E-state index contributed by atoms with van der Waals surface area (Å²) in [4.78, 5) is 27.2. The number of aromatic nitrogens is 6. The molecule has 32 heavy (non-hydrogen) atoms. The molecule has 170 valence electrons. The number of aryl methyl sites for hydroxylation is 2. The quantitative estimate of drug-likeness (QED) is 0.677. The Morgan fingerprint density at radius 1 is 1.06 bits per heavy atom. The number of nitrogens with one attached hydrogen (secondary N) is 1. The molecule has 0 aromatic carbocycles. The Labute approximate surface area is 188 Å². The number of fused-ring (bicyclic) bond motifs is 3. The maximum Gasteiger partial charge on any atom is 0.330 e. The Kier molecular flexibility index (Phi) is 4.49. The lowest BCUT2D eigenvalue weighted by Crippen LogP contribution is -2.36. The molecule has 1 spiro atoms. The molecule has 0 saturated heterocycles. The monoisotopic (exact) mass is 435 g/mol. The van der Waals surface area contributed by atoms with Crippen LogP contribution in [0.3, 0.4) is 0 Å². The lowest BCUT2D eigenvalue weighted by Gasteiger charge is -2.36. The molecule has 3 aromatic heterocycles. The van der Waals surface area contributed by atoms with Crippen molar-refractivity contribution in [2.45, 2.75) is 95.7 Å². The van der Waals surface area contributed by atoms with Gasteiger partial charge < -0.3 is 9.88 Å². The van der Waals surface area contributed by atoms with Crippen LogP contribution in [0.1, 0.15) is 81.0 Å². The highest BCUT2D eigenvalue weighted by Crippen LogP contribution is 2.46. The van der Waals surface area contributed by atoms with Gasteiger partial charge in [0.15, 0.2) is 5.65 Å². The van der Waals surface area contributed by atoms with E-state index in [4.69, 9.17) is 9.97 Å². The highest BCUT2D eigenvalue weighted by Gasteiger charge is 2.44. The summed E-state index contributed by atoms with van der Waals surface area (Å²) in [6.45, 7) is 5.43. The second kappa shape index (κ2) is 7.18. The van der Waals surface area contributed by atoms with Crippen LogP contribution < -0.4 is 11.0 Å². The lowest BCUT2D eigenvalue weighted by molar-refractivity contribution is 0.271. The van der Waals surface area contributed by atoms with Crippen LogP contribution in [0, 0.1) is 13.8 Å². The number of hydrogen-bond donors (Lipinski definition) is 1. The van der Waals surface area contributed by atoms with Crippen LogP contribution in [0.4, 0.5) is 5.95 Å². The number of imidazole rings is 2. The van der Waals surface area contributed by atoms with Gasteiger partial charge in [0, 0.05) is 36.8 Å². The molecule has 2 fully saturated rings. The van der Waals surface area contributed by atoms with Crippen molar-refractivity contribution in [3.8, 4) is 0 Å². The molecule has 0 radical (unpaired) electrons. The van der Waals surface area contributed by atoms with Crippen LogP contribution in [0.5, 0.6) is 0 Å². The first-order valence-corrected chi connectivity index (χ1v) is 12.2. The highest BCUT2D eigenvalue weighted by atomic mass is 16.1. The maximum absolute atomic E-state index is 12.9. The van der Waals surface area contributed by atoms with Gasteiger partial charge in [0.25, 0.3) is 0 Å². The van der Waals surface area contributed by atoms with Gasteiger partial charge in [-0.1, -0.05) is 12.8 Å². The van der Waals surface area contributed by atoms with Gasteiger partial charge in [0.05, 0.1) is 11.9 Å². The summed E-state index contributed by atoms with van der Waals surface area (Å²) in [5, 5.41) is 3.59. The zero-order valence-electron chi connectivity index (χ0n) is 19.4. The van der Waals surface area contributed by atoms with E-state index in [2.05, 4.69) is 28.7 Å². The minimum absolute atomic E-state index is 0.0280. The lowest BCUT2D eigenvalue weighted by atomic mass is 9.71. The third kappa shape index (κ3) is 2.87. The smallest absolute Gasteiger partial charge is 0.330 e. The summed E-state index contributed by atoms with van der Waals surface area (Å²) >= 11 is 0. The first kappa shape index (κ1) is 20.0. The molecule has 8 heteroatoms. The number of nitrogens with zero attached hydrogens (tertiary/aromatic N) is 6. The molecule has 0 bridgehead atoms. The summed E-state index contributed by atoms with van der Waals surface area (Å²) in [7, 11) is 1.82. The average Bonchev–Trinajstić information content (AvgIpc) is 3.54. The minimum Gasteiger partial charge on any atom is -0.351 e. The fourth-order valence-corrected chi connectivity index (χ4v) is 6.44. The van der Waals surface area contributed by atoms with Gasteiger partial charge in [-0.05, 0) is 58.8 Å². The topological polar surface area (TPSA) is 82.6 Å². The molecule has 3 aromatic rings. The summed E-state index contributed by atoms with van der Waals surface area (Å²) < 4.78 is 6.04. The molecule has 0 amide bonds. The predicted molar refractivity (Wildman–Crippen MR) is 124 cm³/mol. The van der Waals surface area contributed by atoms with Crippen molar-refractivity contribution in [3.63, 3.8) is 0 Å². The van der Waals surface area contributed by atoms with E-state index in [9.17, 15) is 4.79 Å². The molecule has 2 saturated carbocycles. The second-order valence-corrected chi connectivity index (χ2v) is 10.3. The minimum atomic E-state index is 0.0280. The normalized spacial score (nSPS) is 25.8. The Balaban J connectivity index is 1.22. The molecule has 6 rings (SSSR count). The van der Waals surface area contributed by atoms with E-state index < -0.39 is 0 Å². The van der Waals surface area contributed by atoms with Crippen molar-refractivity contribution in [1.29, 1.82) is 0 Å². The van der Waals surface area contributed by atoms with Crippen molar-refractivity contribution in [3.05, 3.63) is 33.9 Å². The Bertz CT molecular complexity index is 1240. The van der Waals surface area contributed by atoms with Gasteiger partial charge in [-0.3, -0.25) is 9.13 Å². The van der Waals surface area contributed by atoms with Crippen LogP contribution >= 0.6 is 0 Å². The van der Waals surface area contributed by atoms with E-state index in [1.54, 1.807) is 10.8 Å². The molecular weight excluding hydrogens is 402 g/mol. The predicted octanol–water partition coefficient (Wildman–Crippen LogP) is 3.75. The number of rotatable bonds is 3. The molecule has 0 unspecified atom stereocenters. The van der Waals surface area contributed by atoms with E-state index in [0.717, 1.165) is 56.2 Å². The fraction of sp³-hybridized carbons (Fsp3) is 0.667. The summed E-state index contributed by atoms with van der Waals surface area (Å²) in [6, 6.07) is 0.626. The van der Waals surface area contributed by atoms with Crippen LogP contribution in [0.25, 0.3) is 11.2 Å². The van der Waals surface area contributed by atoms with Crippen LogP contribution in [-0.2, 0) is 19.0 Å². The maximum atomic E-state index is 12.9. The van der Waals surface area contributed by atoms with Crippen molar-refractivity contribution < 1.29 is 0 Å². The molecule has 8 nitrogen and oxygen atoms in total. The third-order valence-corrected chi connectivity index (χ3v) is 8.54. The summed E-state index contributed by atoms with van der Waals surface area (Å²) in [6.07, 6.45) is 12.0. The first-order valence-electron chi connectivity index (χ1n) is 12.2. The molecule has 0 atom stereocenters. The fourth-order valence-electron chi connectivity index (χ4n) is 6.44. The summed E-state index contributed by atoms with van der Waals surface area (Å²) in [5.41, 5.74) is 4.37. The average molecular weight is 436 g/mol. The van der Waals surface area contributed by atoms with Gasteiger partial charge in [0.1, 0.15) is 11.3 Å². The second-order valence-electron chi connectivity index (χ2n) is 10.3. The first-order chi connectivity index (χ1) is 15.5. The number of anilines is 1. The van der Waals surface area contributed by atoms with E-state index in [1.165, 1.54) is 36.5 Å². The Morgan fingerprint density at radius 3 is 2.56 bits per heavy atom. The van der Waals surface area contributed by atoms with E-state index >= 15 is 0 Å². The Morgan fingerprint density at radius 2 is 1.81 bits per heavy atom. The van der Waals surface area contributed by atoms with Crippen molar-refractivity contribution >= 4 is 17.1 Å².